The van der Waals surface area contributed by atoms with Gasteiger partial charge in [-0.2, -0.15) is 0 Å². The summed E-state index contributed by atoms with van der Waals surface area (Å²) in [6.07, 6.45) is 0.690. The summed E-state index contributed by atoms with van der Waals surface area (Å²) in [6.45, 7) is 3.13. The van der Waals surface area contributed by atoms with E-state index >= 15 is 0 Å². The Balaban J connectivity index is 2.12. The molecular weight excluding hydrogens is 248 g/mol. The third-order valence-corrected chi connectivity index (χ3v) is 3.33. The molecule has 0 radical (unpaired) electrons. The molecule has 96 valence electrons. The first-order chi connectivity index (χ1) is 8.61. The molecule has 0 bridgehead atoms. The van der Waals surface area contributed by atoms with Crippen molar-refractivity contribution in [2.75, 3.05) is 0 Å². The van der Waals surface area contributed by atoms with Gasteiger partial charge in [-0.25, -0.2) is 0 Å². The standard InChI is InChI=1S/C13H16N2O2S/c1-2-11(12(14)18)15-13(16)8-3-4-9-6-17-7-10(9)5-8/h3-5,11H,2,6-7H2,1H3,(H2,14,18)(H,15,16). The minimum Gasteiger partial charge on any atom is -0.392 e. The van der Waals surface area contributed by atoms with Crippen LogP contribution < -0.4 is 11.1 Å². The van der Waals surface area contributed by atoms with E-state index in [0.29, 0.717) is 30.2 Å². The Hall–Kier alpha value is -1.46. The quantitative estimate of drug-likeness (QED) is 0.809. The maximum absolute atomic E-state index is 12.1. The summed E-state index contributed by atoms with van der Waals surface area (Å²) in [5.74, 6) is -0.149. The maximum atomic E-state index is 12.1. The zero-order chi connectivity index (χ0) is 13.1. The lowest BCUT2D eigenvalue weighted by Gasteiger charge is -2.15. The normalized spacial score (nSPS) is 14.9. The molecule has 1 heterocycles. The van der Waals surface area contributed by atoms with Crippen molar-refractivity contribution in [2.24, 2.45) is 5.73 Å². The second-order valence-electron chi connectivity index (χ2n) is 4.31. The van der Waals surface area contributed by atoms with Gasteiger partial charge in [0.15, 0.2) is 0 Å². The van der Waals surface area contributed by atoms with E-state index in [0.717, 1.165) is 11.1 Å². The summed E-state index contributed by atoms with van der Waals surface area (Å²) in [6, 6.07) is 5.34. The van der Waals surface area contributed by atoms with Crippen LogP contribution in [0.15, 0.2) is 18.2 Å². The Morgan fingerprint density at radius 2 is 2.22 bits per heavy atom. The molecule has 1 amide bonds. The van der Waals surface area contributed by atoms with E-state index in [1.807, 2.05) is 19.1 Å². The highest BCUT2D eigenvalue weighted by Crippen LogP contribution is 2.20. The lowest BCUT2D eigenvalue weighted by Crippen LogP contribution is -2.43. The highest BCUT2D eigenvalue weighted by atomic mass is 32.1. The highest BCUT2D eigenvalue weighted by Gasteiger charge is 2.17. The molecule has 2 rings (SSSR count). The second kappa shape index (κ2) is 5.46. The molecule has 0 saturated carbocycles. The van der Waals surface area contributed by atoms with Crippen LogP contribution in [0.4, 0.5) is 0 Å². The first-order valence-corrected chi connectivity index (χ1v) is 6.32. The van der Waals surface area contributed by atoms with Crippen LogP contribution in [0.1, 0.15) is 34.8 Å². The van der Waals surface area contributed by atoms with Crippen LogP contribution in [-0.4, -0.2) is 16.9 Å². The van der Waals surface area contributed by atoms with Gasteiger partial charge in [0, 0.05) is 5.56 Å². The van der Waals surface area contributed by atoms with Gasteiger partial charge in [-0.1, -0.05) is 25.2 Å². The largest absolute Gasteiger partial charge is 0.392 e. The van der Waals surface area contributed by atoms with E-state index in [1.54, 1.807) is 6.07 Å². The van der Waals surface area contributed by atoms with Gasteiger partial charge in [0.1, 0.15) is 0 Å². The first-order valence-electron chi connectivity index (χ1n) is 5.91. The predicted molar refractivity (Wildman–Crippen MR) is 73.3 cm³/mol. The fourth-order valence-electron chi connectivity index (χ4n) is 1.93. The van der Waals surface area contributed by atoms with Crippen LogP contribution in [0.3, 0.4) is 0 Å². The fourth-order valence-corrected chi connectivity index (χ4v) is 2.15. The van der Waals surface area contributed by atoms with E-state index in [2.05, 4.69) is 5.32 Å². The lowest BCUT2D eigenvalue weighted by molar-refractivity contribution is 0.0946. The van der Waals surface area contributed by atoms with Gasteiger partial charge in [0.2, 0.25) is 0 Å². The van der Waals surface area contributed by atoms with Gasteiger partial charge in [0.25, 0.3) is 5.91 Å². The zero-order valence-electron chi connectivity index (χ0n) is 10.2. The second-order valence-corrected chi connectivity index (χ2v) is 4.78. The van der Waals surface area contributed by atoms with Crippen molar-refractivity contribution >= 4 is 23.1 Å². The SMILES string of the molecule is CCC(NC(=O)c1ccc2c(c1)COC2)C(N)=S. The molecule has 18 heavy (non-hydrogen) atoms. The number of carbonyl (C=O) groups is 1. The van der Waals surface area contributed by atoms with Crippen molar-refractivity contribution in [2.45, 2.75) is 32.6 Å². The number of hydrogen-bond donors (Lipinski definition) is 2. The first kappa shape index (κ1) is 13.0. The molecule has 1 aliphatic heterocycles. The Morgan fingerprint density at radius 1 is 1.50 bits per heavy atom. The van der Waals surface area contributed by atoms with Crippen LogP contribution in [0.5, 0.6) is 0 Å². The highest BCUT2D eigenvalue weighted by molar-refractivity contribution is 7.80. The summed E-state index contributed by atoms with van der Waals surface area (Å²) in [5, 5.41) is 2.83. The average molecular weight is 264 g/mol. The summed E-state index contributed by atoms with van der Waals surface area (Å²) in [5.41, 5.74) is 8.40. The third kappa shape index (κ3) is 2.68. The van der Waals surface area contributed by atoms with Crippen LogP contribution in [0.2, 0.25) is 0 Å². The third-order valence-electron chi connectivity index (χ3n) is 3.04. The molecule has 1 aromatic rings. The molecule has 1 aliphatic rings. The summed E-state index contributed by atoms with van der Waals surface area (Å²) in [7, 11) is 0. The van der Waals surface area contributed by atoms with Gasteiger partial charge >= 0.3 is 0 Å². The Morgan fingerprint density at radius 3 is 2.89 bits per heavy atom. The number of carbonyl (C=O) groups excluding carboxylic acids is 1. The summed E-state index contributed by atoms with van der Waals surface area (Å²) < 4.78 is 5.32. The maximum Gasteiger partial charge on any atom is 0.251 e. The lowest BCUT2D eigenvalue weighted by atomic mass is 10.1. The van der Waals surface area contributed by atoms with E-state index < -0.39 is 0 Å². The minimum atomic E-state index is -0.253. The monoisotopic (exact) mass is 264 g/mol. The van der Waals surface area contributed by atoms with Crippen LogP contribution in [-0.2, 0) is 18.0 Å². The van der Waals surface area contributed by atoms with E-state index in [9.17, 15) is 4.79 Å². The number of rotatable bonds is 4. The molecule has 3 N–H and O–H groups in total. The molecule has 1 unspecified atom stereocenters. The number of benzene rings is 1. The molecule has 1 aromatic carbocycles. The van der Waals surface area contributed by atoms with Gasteiger partial charge in [-0.05, 0) is 29.7 Å². The summed E-state index contributed by atoms with van der Waals surface area (Å²) >= 11 is 4.91. The summed E-state index contributed by atoms with van der Waals surface area (Å²) in [4.78, 5) is 12.4. The molecule has 0 aromatic heterocycles. The van der Waals surface area contributed by atoms with E-state index in [1.165, 1.54) is 0 Å². The molecule has 5 heteroatoms. The molecule has 1 atom stereocenters. The minimum absolute atomic E-state index is 0.149. The molecule has 0 fully saturated rings. The number of fused-ring (bicyclic) bond motifs is 1. The zero-order valence-corrected chi connectivity index (χ0v) is 11.0. The molecule has 0 spiro atoms. The molecule has 4 nitrogen and oxygen atoms in total. The van der Waals surface area contributed by atoms with Gasteiger partial charge in [-0.15, -0.1) is 0 Å². The Labute approximate surface area is 112 Å². The Kier molecular flexibility index (Phi) is 3.93. The van der Waals surface area contributed by atoms with E-state index in [-0.39, 0.29) is 11.9 Å². The van der Waals surface area contributed by atoms with Crippen LogP contribution in [0, 0.1) is 0 Å². The average Bonchev–Trinajstić information content (AvgIpc) is 2.82. The number of amides is 1. The number of nitrogens with one attached hydrogen (secondary N) is 1. The van der Waals surface area contributed by atoms with Gasteiger partial charge in [0.05, 0.1) is 24.2 Å². The van der Waals surface area contributed by atoms with Crippen molar-refractivity contribution in [3.8, 4) is 0 Å². The van der Waals surface area contributed by atoms with Gasteiger partial charge in [-0.3, -0.25) is 4.79 Å². The van der Waals surface area contributed by atoms with Crippen molar-refractivity contribution < 1.29 is 9.53 Å². The topological polar surface area (TPSA) is 64.3 Å². The number of nitrogens with two attached hydrogens (primary N) is 1. The molecular formula is C13H16N2O2S. The van der Waals surface area contributed by atoms with Gasteiger partial charge < -0.3 is 15.8 Å². The number of ether oxygens (including phenoxy) is 1. The smallest absolute Gasteiger partial charge is 0.251 e. The van der Waals surface area contributed by atoms with Crippen molar-refractivity contribution in [3.63, 3.8) is 0 Å². The van der Waals surface area contributed by atoms with Crippen LogP contribution in [0.25, 0.3) is 0 Å². The molecule has 0 aliphatic carbocycles. The van der Waals surface area contributed by atoms with Crippen LogP contribution >= 0.6 is 12.2 Å². The van der Waals surface area contributed by atoms with Crippen molar-refractivity contribution in [3.05, 3.63) is 34.9 Å². The van der Waals surface area contributed by atoms with E-state index in [4.69, 9.17) is 22.7 Å². The van der Waals surface area contributed by atoms with Crippen molar-refractivity contribution in [1.82, 2.24) is 5.32 Å². The Bertz CT molecular complexity index is 488. The number of hydrogen-bond acceptors (Lipinski definition) is 3. The predicted octanol–water partition coefficient (Wildman–Crippen LogP) is 1.51. The number of thiocarbonyl (C=S) groups is 1. The van der Waals surface area contributed by atoms with Crippen molar-refractivity contribution in [1.29, 1.82) is 0 Å². The fraction of sp³-hybridized carbons (Fsp3) is 0.385. The molecule has 0 saturated heterocycles.